The van der Waals surface area contributed by atoms with Gasteiger partial charge in [0.1, 0.15) is 0 Å². The molecule has 0 aliphatic heterocycles. The lowest BCUT2D eigenvalue weighted by Gasteiger charge is -2.10. The normalized spacial score (nSPS) is 12.2. The van der Waals surface area contributed by atoms with Gasteiger partial charge in [-0.2, -0.15) is 0 Å². The van der Waals surface area contributed by atoms with Gasteiger partial charge >= 0.3 is 23.9 Å². The van der Waals surface area contributed by atoms with Crippen LogP contribution in [0.2, 0.25) is 0 Å². The molecule has 0 spiro atoms. The van der Waals surface area contributed by atoms with Crippen LogP contribution in [0.3, 0.4) is 0 Å². The zero-order valence-corrected chi connectivity index (χ0v) is 19.8. The number of carboxylic acids is 2. The third-order valence-electron chi connectivity index (χ3n) is 5.20. The molecule has 10 nitrogen and oxygen atoms in total. The molecule has 2 rings (SSSR count). The summed E-state index contributed by atoms with van der Waals surface area (Å²) in [6.45, 7) is 1.81. The first kappa shape index (κ1) is 27.9. The Bertz CT molecular complexity index is 1040. The molecule has 0 heterocycles. The third-order valence-corrected chi connectivity index (χ3v) is 5.20. The van der Waals surface area contributed by atoms with E-state index >= 15 is 0 Å². The number of esters is 2. The molecule has 190 valence electrons. The molecule has 0 bridgehead atoms. The van der Waals surface area contributed by atoms with E-state index in [0.29, 0.717) is 11.1 Å². The summed E-state index contributed by atoms with van der Waals surface area (Å²) in [5, 5.41) is 17.4. The summed E-state index contributed by atoms with van der Waals surface area (Å²) in [4.78, 5) is 69.4. The van der Waals surface area contributed by atoms with Crippen molar-refractivity contribution in [2.45, 2.75) is 26.7 Å². The fraction of sp³-hybridized carbons (Fsp3) is 0.308. The molecule has 0 aliphatic rings. The maximum atomic E-state index is 12.3. The van der Waals surface area contributed by atoms with Crippen molar-refractivity contribution < 1.29 is 48.5 Å². The van der Waals surface area contributed by atoms with Crippen LogP contribution in [0, 0.1) is 11.8 Å². The number of carbonyl (C=O) groups excluding carboxylic acids is 4. The molecule has 0 amide bonds. The van der Waals surface area contributed by atoms with Crippen molar-refractivity contribution in [2.75, 3.05) is 13.2 Å². The van der Waals surface area contributed by atoms with Crippen LogP contribution in [0.15, 0.2) is 48.5 Å². The Labute approximate surface area is 206 Å². The average molecular weight is 498 g/mol. The first-order valence-corrected chi connectivity index (χ1v) is 11.0. The first-order valence-electron chi connectivity index (χ1n) is 11.0. The summed E-state index contributed by atoms with van der Waals surface area (Å²) in [6.07, 6.45) is -0.771. The quantitative estimate of drug-likeness (QED) is 0.310. The molecule has 36 heavy (non-hydrogen) atoms. The van der Waals surface area contributed by atoms with Gasteiger partial charge in [-0.1, -0.05) is 62.4 Å². The van der Waals surface area contributed by atoms with E-state index in [1.165, 1.54) is 13.8 Å². The van der Waals surface area contributed by atoms with Crippen molar-refractivity contribution in [3.63, 3.8) is 0 Å². The number of carbonyl (C=O) groups is 6. The number of carboxylic acid groups (broad SMARTS) is 2. The fourth-order valence-electron chi connectivity index (χ4n) is 3.11. The number of hydrogen-bond acceptors (Lipinski definition) is 8. The molecule has 0 saturated heterocycles. The van der Waals surface area contributed by atoms with Gasteiger partial charge in [-0.25, -0.2) is 0 Å². The van der Waals surface area contributed by atoms with Crippen LogP contribution in [0.25, 0.3) is 11.1 Å². The number of benzene rings is 2. The first-order chi connectivity index (χ1) is 17.0. The topological polar surface area (TPSA) is 161 Å². The minimum atomic E-state index is -1.13. The summed E-state index contributed by atoms with van der Waals surface area (Å²) in [5.41, 5.74) is 2.13. The van der Waals surface area contributed by atoms with Crippen LogP contribution < -0.4 is 0 Å². The Morgan fingerprint density at radius 1 is 0.611 bits per heavy atom. The van der Waals surface area contributed by atoms with Gasteiger partial charge in [0.2, 0.25) is 0 Å². The highest BCUT2D eigenvalue weighted by Gasteiger charge is 2.20. The Morgan fingerprint density at radius 2 is 0.917 bits per heavy atom. The molecule has 2 aromatic rings. The number of hydrogen-bond donors (Lipinski definition) is 2. The van der Waals surface area contributed by atoms with E-state index in [9.17, 15) is 28.8 Å². The molecule has 10 heteroatoms. The van der Waals surface area contributed by atoms with Crippen LogP contribution in [-0.4, -0.2) is 58.9 Å². The number of rotatable bonds is 13. The zero-order valence-electron chi connectivity index (χ0n) is 19.8. The number of ketones is 2. The van der Waals surface area contributed by atoms with Crippen LogP contribution in [0.5, 0.6) is 0 Å². The molecule has 2 N–H and O–H groups in total. The van der Waals surface area contributed by atoms with Crippen molar-refractivity contribution >= 4 is 35.4 Å². The number of ether oxygens (including phenoxy) is 2. The van der Waals surface area contributed by atoms with Crippen molar-refractivity contribution in [1.82, 2.24) is 0 Å². The molecular weight excluding hydrogens is 472 g/mol. The predicted octanol–water partition coefficient (Wildman–Crippen LogP) is 3.03. The lowest BCUT2D eigenvalue weighted by molar-refractivity contribution is -0.151. The summed E-state index contributed by atoms with van der Waals surface area (Å²) in [7, 11) is 0. The second-order valence-corrected chi connectivity index (χ2v) is 8.21. The van der Waals surface area contributed by atoms with Gasteiger partial charge in [-0.05, 0) is 11.1 Å². The van der Waals surface area contributed by atoms with E-state index in [1.807, 2.05) is 0 Å². The standard InChI is InChI=1S/C26H26O10/c1-15(11-23(29)30)25(33)35-13-21(27)19-7-3-17(4-8-19)18-5-9-20(10-6-18)22(28)14-36-26(34)16(2)12-24(31)32/h3-10,15-16H,11-14H2,1-2H3,(H,29,30)(H,31,32)/t15-,16-/m1/s1. The molecule has 0 aromatic heterocycles. The zero-order chi connectivity index (χ0) is 26.8. The molecule has 0 aliphatic carbocycles. The second-order valence-electron chi connectivity index (χ2n) is 8.21. The van der Waals surface area contributed by atoms with E-state index < -0.39 is 60.5 Å². The molecule has 0 saturated carbocycles. The Hall–Kier alpha value is -4.34. The van der Waals surface area contributed by atoms with Gasteiger partial charge in [-0.3, -0.25) is 28.8 Å². The van der Waals surface area contributed by atoms with E-state index in [4.69, 9.17) is 19.7 Å². The van der Waals surface area contributed by atoms with Crippen molar-refractivity contribution in [3.8, 4) is 11.1 Å². The highest BCUT2D eigenvalue weighted by Crippen LogP contribution is 2.21. The smallest absolute Gasteiger partial charge is 0.309 e. The summed E-state index contributed by atoms with van der Waals surface area (Å²) < 4.78 is 9.79. The molecule has 0 unspecified atom stereocenters. The van der Waals surface area contributed by atoms with Gasteiger partial charge in [0, 0.05) is 11.1 Å². The predicted molar refractivity (Wildman–Crippen MR) is 125 cm³/mol. The van der Waals surface area contributed by atoms with Crippen LogP contribution in [0.1, 0.15) is 47.4 Å². The highest BCUT2D eigenvalue weighted by atomic mass is 16.5. The summed E-state index contributed by atoms with van der Waals surface area (Å²) in [6, 6.07) is 13.0. The monoisotopic (exact) mass is 498 g/mol. The van der Waals surface area contributed by atoms with Gasteiger partial charge in [-0.15, -0.1) is 0 Å². The Kier molecular flexibility index (Phi) is 10.0. The minimum absolute atomic E-state index is 0.308. The third kappa shape index (κ3) is 8.46. The molecule has 2 aromatic carbocycles. The number of aliphatic carboxylic acids is 2. The van der Waals surface area contributed by atoms with Crippen LogP contribution in [0.4, 0.5) is 0 Å². The SMILES string of the molecule is C[C@H](CC(=O)O)C(=O)OCC(=O)c1ccc(-c2ccc(C(=O)COC(=O)[C@H](C)CC(=O)O)cc2)cc1. The van der Waals surface area contributed by atoms with Crippen molar-refractivity contribution in [3.05, 3.63) is 59.7 Å². The van der Waals surface area contributed by atoms with E-state index in [1.54, 1.807) is 48.5 Å². The Balaban J connectivity index is 1.92. The van der Waals surface area contributed by atoms with Crippen molar-refractivity contribution in [2.24, 2.45) is 11.8 Å². The minimum Gasteiger partial charge on any atom is -0.481 e. The van der Waals surface area contributed by atoms with Crippen molar-refractivity contribution in [1.29, 1.82) is 0 Å². The Morgan fingerprint density at radius 3 is 1.19 bits per heavy atom. The highest BCUT2D eigenvalue weighted by molar-refractivity contribution is 5.99. The fourth-order valence-corrected chi connectivity index (χ4v) is 3.11. The lowest BCUT2D eigenvalue weighted by Crippen LogP contribution is -2.21. The molecule has 0 radical (unpaired) electrons. The largest absolute Gasteiger partial charge is 0.481 e. The lowest BCUT2D eigenvalue weighted by atomic mass is 10.0. The molecular formula is C26H26O10. The van der Waals surface area contributed by atoms with Gasteiger partial charge in [0.05, 0.1) is 24.7 Å². The average Bonchev–Trinajstić information content (AvgIpc) is 2.84. The van der Waals surface area contributed by atoms with Gasteiger partial charge < -0.3 is 19.7 Å². The molecule has 0 fully saturated rings. The molecule has 2 atom stereocenters. The maximum absolute atomic E-state index is 12.3. The van der Waals surface area contributed by atoms with E-state index in [-0.39, 0.29) is 12.8 Å². The summed E-state index contributed by atoms with van der Waals surface area (Å²) in [5.74, 6) is -6.39. The van der Waals surface area contributed by atoms with Crippen LogP contribution >= 0.6 is 0 Å². The van der Waals surface area contributed by atoms with Gasteiger partial charge in [0.15, 0.2) is 24.8 Å². The maximum Gasteiger partial charge on any atom is 0.309 e. The second kappa shape index (κ2) is 12.9. The number of Topliss-reactive ketones (excluding diaryl/α,β-unsaturated/α-hetero) is 2. The van der Waals surface area contributed by atoms with E-state index in [2.05, 4.69) is 0 Å². The van der Waals surface area contributed by atoms with Gasteiger partial charge in [0.25, 0.3) is 0 Å². The van der Waals surface area contributed by atoms with Crippen LogP contribution in [-0.2, 0) is 28.7 Å². The van der Waals surface area contributed by atoms with E-state index in [0.717, 1.165) is 11.1 Å². The summed E-state index contributed by atoms with van der Waals surface area (Å²) >= 11 is 0.